The Balaban J connectivity index is 2.00. The second kappa shape index (κ2) is 4.84. The normalized spacial score (nSPS) is 35.3. The second-order valence-corrected chi connectivity index (χ2v) is 6.43. The van der Waals surface area contributed by atoms with Crippen LogP contribution in [0.2, 0.25) is 0 Å². The summed E-state index contributed by atoms with van der Waals surface area (Å²) in [4.78, 5) is 2.38. The van der Waals surface area contributed by atoms with Crippen molar-refractivity contribution >= 4 is 0 Å². The topological polar surface area (TPSA) is 44.5 Å². The van der Waals surface area contributed by atoms with Crippen LogP contribution in [0.3, 0.4) is 0 Å². The zero-order chi connectivity index (χ0) is 12.5. The lowest BCUT2D eigenvalue weighted by Gasteiger charge is -2.46. The van der Waals surface area contributed by atoms with Crippen LogP contribution in [0, 0.1) is 5.41 Å². The molecule has 1 saturated heterocycles. The molecule has 3 N–H and O–H groups in total. The van der Waals surface area contributed by atoms with E-state index in [0.717, 1.165) is 32.7 Å². The van der Waals surface area contributed by atoms with Gasteiger partial charge in [-0.2, -0.15) is 0 Å². The van der Waals surface area contributed by atoms with Crippen molar-refractivity contribution in [2.24, 2.45) is 11.1 Å². The molecule has 1 unspecified atom stereocenters. The van der Waals surface area contributed by atoms with Crippen LogP contribution in [0.5, 0.6) is 0 Å². The van der Waals surface area contributed by atoms with E-state index in [0.29, 0.717) is 5.41 Å². The highest BCUT2D eigenvalue weighted by Crippen LogP contribution is 2.45. The summed E-state index contributed by atoms with van der Waals surface area (Å²) in [5.41, 5.74) is 10.3. The second-order valence-electron chi connectivity index (χ2n) is 6.43. The number of nitrogens with two attached hydrogens (primary N) is 1. The molecule has 0 aromatic carbocycles. The molecule has 0 bridgehead atoms. The molecule has 1 aliphatic carbocycles. The predicted octanol–water partition coefficient (Wildman–Crippen LogP) is 0.646. The predicted molar refractivity (Wildman–Crippen MR) is 71.6 cm³/mol. The van der Waals surface area contributed by atoms with Gasteiger partial charge in [0.1, 0.15) is 0 Å². The Labute approximate surface area is 105 Å². The van der Waals surface area contributed by atoms with Gasteiger partial charge < -0.3 is 10.6 Å². The fourth-order valence-corrected chi connectivity index (χ4v) is 3.26. The highest BCUT2D eigenvalue weighted by atomic mass is 15.6. The van der Waals surface area contributed by atoms with Crippen molar-refractivity contribution in [2.45, 2.75) is 38.6 Å². The number of likely N-dealkylation sites (N-methyl/N-ethyl adjacent to an activating group) is 1. The van der Waals surface area contributed by atoms with Gasteiger partial charge in [0.05, 0.1) is 0 Å². The summed E-state index contributed by atoms with van der Waals surface area (Å²) < 4.78 is 0. The van der Waals surface area contributed by atoms with E-state index in [1.807, 2.05) is 0 Å². The van der Waals surface area contributed by atoms with Crippen LogP contribution in [-0.4, -0.2) is 55.2 Å². The van der Waals surface area contributed by atoms with E-state index in [1.54, 1.807) is 0 Å². The average Bonchev–Trinajstić information content (AvgIpc) is 2.58. The third-order valence-corrected chi connectivity index (χ3v) is 4.92. The minimum absolute atomic E-state index is 0.114. The highest BCUT2D eigenvalue weighted by Gasteiger charge is 2.48. The molecule has 0 aromatic heterocycles. The van der Waals surface area contributed by atoms with E-state index in [4.69, 9.17) is 5.73 Å². The molecule has 2 fully saturated rings. The van der Waals surface area contributed by atoms with Crippen LogP contribution in [0.1, 0.15) is 33.1 Å². The average molecular weight is 240 g/mol. The first-order valence-corrected chi connectivity index (χ1v) is 6.90. The lowest BCUT2D eigenvalue weighted by molar-refractivity contribution is 0.0158. The zero-order valence-corrected chi connectivity index (χ0v) is 11.6. The van der Waals surface area contributed by atoms with E-state index < -0.39 is 0 Å². The van der Waals surface area contributed by atoms with Crippen LogP contribution in [-0.2, 0) is 0 Å². The van der Waals surface area contributed by atoms with E-state index in [9.17, 15) is 0 Å². The summed E-state index contributed by atoms with van der Waals surface area (Å²) in [5, 5.41) is 2.39. The van der Waals surface area contributed by atoms with Crippen molar-refractivity contribution < 1.29 is 0 Å². The third-order valence-electron chi connectivity index (χ3n) is 4.92. The number of piperazine rings is 1. The summed E-state index contributed by atoms with van der Waals surface area (Å²) in [6.45, 7) is 9.96. The highest BCUT2D eigenvalue weighted by molar-refractivity contribution is 5.05. The lowest BCUT2D eigenvalue weighted by atomic mass is 9.75. The van der Waals surface area contributed by atoms with Gasteiger partial charge >= 0.3 is 0 Å². The Morgan fingerprint density at radius 1 is 1.12 bits per heavy atom. The Kier molecular flexibility index (Phi) is 3.78. The van der Waals surface area contributed by atoms with Crippen LogP contribution in [0.4, 0.5) is 0 Å². The maximum atomic E-state index is 6.09. The first-order chi connectivity index (χ1) is 7.99. The molecule has 0 spiro atoms. The monoisotopic (exact) mass is 240 g/mol. The maximum Gasteiger partial charge on any atom is 0.0498 e. The largest absolute Gasteiger partial charge is 0.329 e. The summed E-state index contributed by atoms with van der Waals surface area (Å²) in [5.74, 6) is 0. The van der Waals surface area contributed by atoms with Crippen molar-refractivity contribution in [3.05, 3.63) is 0 Å². The summed E-state index contributed by atoms with van der Waals surface area (Å²) in [7, 11) is 2.19. The van der Waals surface area contributed by atoms with Crippen LogP contribution >= 0.6 is 0 Å². The summed E-state index contributed by atoms with van der Waals surface area (Å²) in [6.07, 6.45) is 3.79. The van der Waals surface area contributed by atoms with Crippen molar-refractivity contribution in [3.8, 4) is 0 Å². The van der Waals surface area contributed by atoms with Gasteiger partial charge in [0.25, 0.3) is 0 Å². The molecule has 1 aliphatic heterocycles. The smallest absolute Gasteiger partial charge is 0.0498 e. The summed E-state index contributed by atoms with van der Waals surface area (Å²) >= 11 is 0. The number of hydrogen-bond acceptors (Lipinski definition) is 4. The van der Waals surface area contributed by atoms with Gasteiger partial charge in [-0.3, -0.25) is 0 Å². The Bertz CT molecular complexity index is 258. The molecule has 0 aromatic rings. The van der Waals surface area contributed by atoms with Gasteiger partial charge in [-0.25, -0.2) is 10.4 Å². The van der Waals surface area contributed by atoms with Gasteiger partial charge in [-0.1, -0.05) is 20.3 Å². The molecule has 17 heavy (non-hydrogen) atoms. The standard InChI is InChI=1S/C13H28N4/c1-12(2)5-4-6-13(12,11-14)15-17-9-7-16(3)8-10-17/h15H,4-11,14H2,1-3H3. The number of nitrogens with one attached hydrogen (secondary N) is 1. The molecular formula is C13H28N4. The molecule has 1 atom stereocenters. The zero-order valence-electron chi connectivity index (χ0n) is 11.6. The molecule has 0 radical (unpaired) electrons. The van der Waals surface area contributed by atoms with Crippen molar-refractivity contribution in [1.29, 1.82) is 0 Å². The number of rotatable bonds is 3. The van der Waals surface area contributed by atoms with E-state index in [-0.39, 0.29) is 5.54 Å². The molecule has 2 rings (SSSR count). The van der Waals surface area contributed by atoms with Crippen LogP contribution in [0.25, 0.3) is 0 Å². The van der Waals surface area contributed by atoms with Gasteiger partial charge in [0.2, 0.25) is 0 Å². The molecule has 4 heteroatoms. The van der Waals surface area contributed by atoms with E-state index >= 15 is 0 Å². The van der Waals surface area contributed by atoms with Crippen LogP contribution in [0.15, 0.2) is 0 Å². The third kappa shape index (κ3) is 2.50. The van der Waals surface area contributed by atoms with E-state index in [1.165, 1.54) is 19.3 Å². The van der Waals surface area contributed by atoms with Crippen molar-refractivity contribution in [2.75, 3.05) is 39.8 Å². The number of hydrogen-bond donors (Lipinski definition) is 2. The first kappa shape index (κ1) is 13.3. The van der Waals surface area contributed by atoms with E-state index in [2.05, 4.69) is 36.2 Å². The molecule has 0 amide bonds. The quantitative estimate of drug-likeness (QED) is 0.760. The van der Waals surface area contributed by atoms with Gasteiger partial charge in [0, 0.05) is 38.3 Å². The molecule has 100 valence electrons. The number of hydrazine groups is 1. The molecule has 2 aliphatic rings. The summed E-state index contributed by atoms with van der Waals surface area (Å²) in [6, 6.07) is 0. The Morgan fingerprint density at radius 3 is 2.24 bits per heavy atom. The molecule has 1 heterocycles. The minimum Gasteiger partial charge on any atom is -0.329 e. The molecule has 4 nitrogen and oxygen atoms in total. The lowest BCUT2D eigenvalue weighted by Crippen LogP contribution is -2.65. The minimum atomic E-state index is 0.114. The van der Waals surface area contributed by atoms with Crippen molar-refractivity contribution in [3.63, 3.8) is 0 Å². The van der Waals surface area contributed by atoms with Gasteiger partial charge in [-0.05, 0) is 25.3 Å². The fraction of sp³-hybridized carbons (Fsp3) is 1.00. The Hall–Kier alpha value is -0.160. The maximum absolute atomic E-state index is 6.09. The van der Waals surface area contributed by atoms with Crippen LogP contribution < -0.4 is 11.2 Å². The fourth-order valence-electron chi connectivity index (χ4n) is 3.26. The molecular weight excluding hydrogens is 212 g/mol. The van der Waals surface area contributed by atoms with Gasteiger partial charge in [0.15, 0.2) is 0 Å². The number of nitrogens with zero attached hydrogens (tertiary/aromatic N) is 2. The van der Waals surface area contributed by atoms with Gasteiger partial charge in [-0.15, -0.1) is 0 Å². The SMILES string of the molecule is CN1CCN(NC2(CN)CCCC2(C)C)CC1. The van der Waals surface area contributed by atoms with Crippen molar-refractivity contribution in [1.82, 2.24) is 15.3 Å². The molecule has 1 saturated carbocycles. The first-order valence-electron chi connectivity index (χ1n) is 6.90. The Morgan fingerprint density at radius 2 is 1.76 bits per heavy atom.